The van der Waals surface area contributed by atoms with Gasteiger partial charge < -0.3 is 4.90 Å². The fraction of sp³-hybridized carbons (Fsp3) is 0.917. The highest BCUT2D eigenvalue weighted by Gasteiger charge is 2.24. The second-order valence-electron chi connectivity index (χ2n) is 5.08. The van der Waals surface area contributed by atoms with Gasteiger partial charge in [-0.05, 0) is 25.7 Å². The normalized spacial score (nSPS) is 24.0. The highest BCUT2D eigenvalue weighted by Crippen LogP contribution is 2.25. The van der Waals surface area contributed by atoms with Crippen molar-refractivity contribution in [3.63, 3.8) is 0 Å². The van der Waals surface area contributed by atoms with Gasteiger partial charge in [-0.3, -0.25) is 5.43 Å². The van der Waals surface area contributed by atoms with Crippen molar-refractivity contribution in [1.82, 2.24) is 10.3 Å². The van der Waals surface area contributed by atoms with E-state index >= 15 is 0 Å². The monoisotopic (exact) mass is 224 g/mol. The van der Waals surface area contributed by atoms with E-state index in [2.05, 4.69) is 22.4 Å². The molecule has 0 aliphatic heterocycles. The Balaban J connectivity index is 1.94. The predicted molar refractivity (Wildman–Crippen MR) is 67.0 cm³/mol. The molecule has 2 saturated carbocycles. The van der Waals surface area contributed by atoms with E-state index < -0.39 is 0 Å². The molecular formula is C12H24N4. The Labute approximate surface area is 98.3 Å². The van der Waals surface area contributed by atoms with Crippen LogP contribution >= 0.6 is 0 Å². The van der Waals surface area contributed by atoms with Gasteiger partial charge in [0.05, 0.1) is 6.04 Å². The molecule has 4 nitrogen and oxygen atoms in total. The summed E-state index contributed by atoms with van der Waals surface area (Å²) in [6, 6.07) is 1.15. The number of nitrogens with zero attached hydrogens (tertiary/aromatic N) is 2. The maximum Gasteiger partial charge on any atom is 0.208 e. The maximum absolute atomic E-state index is 5.57. The van der Waals surface area contributed by atoms with Gasteiger partial charge >= 0.3 is 0 Å². The molecule has 4 heteroatoms. The molecule has 0 amide bonds. The SMILES string of the molecule is CN(C(=NC1CC1)NN)C1CCCCCC1. The summed E-state index contributed by atoms with van der Waals surface area (Å²) in [4.78, 5) is 6.87. The van der Waals surface area contributed by atoms with Gasteiger partial charge in [0.25, 0.3) is 0 Å². The van der Waals surface area contributed by atoms with Crippen molar-refractivity contribution in [1.29, 1.82) is 0 Å². The average molecular weight is 224 g/mol. The zero-order valence-electron chi connectivity index (χ0n) is 10.3. The molecule has 2 rings (SSSR count). The van der Waals surface area contributed by atoms with Gasteiger partial charge in [-0.15, -0.1) is 0 Å². The topological polar surface area (TPSA) is 53.6 Å². The molecule has 0 bridgehead atoms. The van der Waals surface area contributed by atoms with Crippen molar-refractivity contribution in [3.05, 3.63) is 0 Å². The number of aliphatic imine (C=N–C) groups is 1. The number of guanidine groups is 1. The van der Waals surface area contributed by atoms with Crippen LogP contribution in [0.3, 0.4) is 0 Å². The molecule has 0 unspecified atom stereocenters. The first kappa shape index (κ1) is 11.7. The third-order valence-electron chi connectivity index (χ3n) is 3.69. The Hall–Kier alpha value is -0.770. The van der Waals surface area contributed by atoms with Crippen LogP contribution in [0.2, 0.25) is 0 Å². The van der Waals surface area contributed by atoms with Crippen LogP contribution < -0.4 is 11.3 Å². The van der Waals surface area contributed by atoms with E-state index in [-0.39, 0.29) is 0 Å². The van der Waals surface area contributed by atoms with Crippen molar-refractivity contribution in [2.24, 2.45) is 10.8 Å². The Kier molecular flexibility index (Phi) is 4.04. The summed E-state index contributed by atoms with van der Waals surface area (Å²) >= 11 is 0. The first-order chi connectivity index (χ1) is 7.81. The third-order valence-corrected chi connectivity index (χ3v) is 3.69. The highest BCUT2D eigenvalue weighted by atomic mass is 15.4. The zero-order chi connectivity index (χ0) is 11.4. The summed E-state index contributed by atoms with van der Waals surface area (Å²) in [5.74, 6) is 6.46. The van der Waals surface area contributed by atoms with Crippen LogP contribution in [-0.2, 0) is 0 Å². The van der Waals surface area contributed by atoms with Gasteiger partial charge in [0.1, 0.15) is 0 Å². The molecule has 2 aliphatic rings. The van der Waals surface area contributed by atoms with Crippen LogP contribution in [0, 0.1) is 0 Å². The third kappa shape index (κ3) is 3.11. The van der Waals surface area contributed by atoms with Crippen molar-refractivity contribution >= 4 is 5.96 Å². The van der Waals surface area contributed by atoms with Gasteiger partial charge in [0.15, 0.2) is 0 Å². The smallest absolute Gasteiger partial charge is 0.208 e. The number of hydrogen-bond acceptors (Lipinski definition) is 2. The minimum Gasteiger partial charge on any atom is -0.342 e. The summed E-state index contributed by atoms with van der Waals surface area (Å²) < 4.78 is 0. The lowest BCUT2D eigenvalue weighted by atomic mass is 10.1. The van der Waals surface area contributed by atoms with E-state index in [9.17, 15) is 0 Å². The van der Waals surface area contributed by atoms with Crippen molar-refractivity contribution in [2.45, 2.75) is 63.5 Å². The Morgan fingerprint density at radius 1 is 1.12 bits per heavy atom. The average Bonchev–Trinajstić information content (AvgIpc) is 3.12. The highest BCUT2D eigenvalue weighted by molar-refractivity contribution is 5.79. The minimum absolute atomic E-state index is 0.527. The van der Waals surface area contributed by atoms with Gasteiger partial charge in [0, 0.05) is 13.1 Å². The molecule has 0 radical (unpaired) electrons. The van der Waals surface area contributed by atoms with E-state index in [4.69, 9.17) is 5.84 Å². The van der Waals surface area contributed by atoms with Crippen LogP contribution in [0.5, 0.6) is 0 Å². The molecule has 2 fully saturated rings. The van der Waals surface area contributed by atoms with Gasteiger partial charge in [-0.2, -0.15) is 0 Å². The molecule has 3 N–H and O–H groups in total. The Bertz CT molecular complexity index is 239. The van der Waals surface area contributed by atoms with Gasteiger partial charge in [-0.25, -0.2) is 10.8 Å². The van der Waals surface area contributed by atoms with E-state index in [0.29, 0.717) is 12.1 Å². The van der Waals surface area contributed by atoms with Crippen LogP contribution in [0.4, 0.5) is 0 Å². The van der Waals surface area contributed by atoms with Crippen molar-refractivity contribution in [2.75, 3.05) is 7.05 Å². The Morgan fingerprint density at radius 2 is 1.75 bits per heavy atom. The second kappa shape index (κ2) is 5.53. The lowest BCUT2D eigenvalue weighted by Crippen LogP contribution is -2.47. The molecule has 0 heterocycles. The van der Waals surface area contributed by atoms with Crippen LogP contribution in [0.25, 0.3) is 0 Å². The van der Waals surface area contributed by atoms with E-state index in [0.717, 1.165) is 5.96 Å². The summed E-state index contributed by atoms with van der Waals surface area (Å²) in [6.45, 7) is 0. The zero-order valence-corrected chi connectivity index (χ0v) is 10.3. The number of nitrogens with one attached hydrogen (secondary N) is 1. The minimum atomic E-state index is 0.527. The largest absolute Gasteiger partial charge is 0.342 e. The lowest BCUT2D eigenvalue weighted by Gasteiger charge is -2.29. The van der Waals surface area contributed by atoms with Crippen LogP contribution in [0.1, 0.15) is 51.4 Å². The standard InChI is InChI=1S/C12H24N4/c1-16(11-6-4-2-3-5-7-11)12(15-13)14-10-8-9-10/h10-11H,2-9,13H2,1H3,(H,14,15). The first-order valence-corrected chi connectivity index (χ1v) is 6.58. The number of hydrazine groups is 1. The fourth-order valence-corrected chi connectivity index (χ4v) is 2.42. The molecule has 0 aromatic heterocycles. The van der Waals surface area contributed by atoms with E-state index in [1.165, 1.54) is 51.4 Å². The molecule has 0 saturated heterocycles. The fourth-order valence-electron chi connectivity index (χ4n) is 2.42. The quantitative estimate of drug-likeness (QED) is 0.246. The van der Waals surface area contributed by atoms with Crippen molar-refractivity contribution in [3.8, 4) is 0 Å². The molecule has 16 heavy (non-hydrogen) atoms. The number of rotatable bonds is 2. The van der Waals surface area contributed by atoms with Gasteiger partial charge in [-0.1, -0.05) is 25.7 Å². The summed E-state index contributed by atoms with van der Waals surface area (Å²) in [5.41, 5.74) is 2.77. The van der Waals surface area contributed by atoms with Crippen molar-refractivity contribution < 1.29 is 0 Å². The molecule has 2 aliphatic carbocycles. The van der Waals surface area contributed by atoms with Crippen LogP contribution in [-0.4, -0.2) is 30.0 Å². The second-order valence-corrected chi connectivity index (χ2v) is 5.08. The Morgan fingerprint density at radius 3 is 2.25 bits per heavy atom. The molecule has 0 spiro atoms. The van der Waals surface area contributed by atoms with E-state index in [1.54, 1.807) is 0 Å². The van der Waals surface area contributed by atoms with E-state index in [1.807, 2.05) is 0 Å². The maximum atomic E-state index is 5.57. The molecular weight excluding hydrogens is 200 g/mol. The summed E-state index contributed by atoms with van der Waals surface area (Å²) in [5, 5.41) is 0. The predicted octanol–water partition coefficient (Wildman–Crippen LogP) is 1.62. The first-order valence-electron chi connectivity index (χ1n) is 6.58. The summed E-state index contributed by atoms with van der Waals surface area (Å²) in [7, 11) is 2.12. The molecule has 0 aromatic carbocycles. The van der Waals surface area contributed by atoms with Crippen LogP contribution in [0.15, 0.2) is 4.99 Å². The lowest BCUT2D eigenvalue weighted by molar-refractivity contribution is 0.320. The number of nitrogens with two attached hydrogens (primary N) is 1. The molecule has 0 aromatic rings. The summed E-state index contributed by atoms with van der Waals surface area (Å²) in [6.07, 6.45) is 10.5. The molecule has 92 valence electrons. The number of hydrogen-bond donors (Lipinski definition) is 2. The molecule has 0 atom stereocenters. The van der Waals surface area contributed by atoms with Gasteiger partial charge in [0.2, 0.25) is 5.96 Å².